The summed E-state index contributed by atoms with van der Waals surface area (Å²) in [6, 6.07) is 7.48. The molecule has 3 heterocycles. The molecular weight excluding hydrogens is 342 g/mol. The third kappa shape index (κ3) is 4.43. The summed E-state index contributed by atoms with van der Waals surface area (Å²) in [4.78, 5) is 19.0. The second kappa shape index (κ2) is 8.18. The topological polar surface area (TPSA) is 76.2 Å². The zero-order chi connectivity index (χ0) is 18.5. The van der Waals surface area contributed by atoms with Crippen molar-refractivity contribution in [1.82, 2.24) is 24.8 Å². The van der Waals surface area contributed by atoms with Crippen LogP contribution in [0.3, 0.4) is 0 Å². The van der Waals surface area contributed by atoms with E-state index in [2.05, 4.69) is 19.9 Å². The predicted molar refractivity (Wildman–Crippen MR) is 101 cm³/mol. The minimum atomic E-state index is 0.343. The molecule has 0 bridgehead atoms. The van der Waals surface area contributed by atoms with E-state index in [9.17, 15) is 0 Å². The van der Waals surface area contributed by atoms with Crippen LogP contribution in [0.2, 0.25) is 0 Å². The van der Waals surface area contributed by atoms with Crippen molar-refractivity contribution < 1.29 is 9.47 Å². The second-order valence-corrected chi connectivity index (χ2v) is 6.67. The van der Waals surface area contributed by atoms with E-state index in [4.69, 9.17) is 14.5 Å². The van der Waals surface area contributed by atoms with Crippen LogP contribution in [0, 0.1) is 0 Å². The number of piperidine rings is 1. The predicted octanol–water partition coefficient (Wildman–Crippen LogP) is 3.38. The Kier molecular flexibility index (Phi) is 5.29. The number of nitrogens with zero attached hydrogens (tertiary/aromatic N) is 4. The van der Waals surface area contributed by atoms with Crippen molar-refractivity contribution in [3.63, 3.8) is 0 Å². The average Bonchev–Trinajstić information content (AvgIpc) is 3.22. The molecule has 0 radical (unpaired) electrons. The molecule has 0 aliphatic carbocycles. The number of likely N-dealkylation sites (tertiary alicyclic amines) is 1. The summed E-state index contributed by atoms with van der Waals surface area (Å²) in [6.07, 6.45) is 9.38. The van der Waals surface area contributed by atoms with Crippen LogP contribution in [0.4, 0.5) is 0 Å². The maximum Gasteiger partial charge on any atom is 0.238 e. The number of methoxy groups -OCH3 is 1. The van der Waals surface area contributed by atoms with Gasteiger partial charge in [-0.2, -0.15) is 0 Å². The number of H-pyrrole nitrogens is 1. The van der Waals surface area contributed by atoms with E-state index in [0.717, 1.165) is 49.7 Å². The van der Waals surface area contributed by atoms with Gasteiger partial charge in [0.2, 0.25) is 5.88 Å². The molecule has 1 saturated heterocycles. The van der Waals surface area contributed by atoms with Crippen molar-refractivity contribution in [2.75, 3.05) is 20.2 Å². The summed E-state index contributed by atoms with van der Waals surface area (Å²) in [5, 5.41) is 0. The smallest absolute Gasteiger partial charge is 0.238 e. The van der Waals surface area contributed by atoms with Gasteiger partial charge in [-0.3, -0.25) is 9.88 Å². The number of hydrogen-bond acceptors (Lipinski definition) is 6. The van der Waals surface area contributed by atoms with Crippen molar-refractivity contribution in [2.45, 2.75) is 25.3 Å². The molecule has 2 aromatic heterocycles. The van der Waals surface area contributed by atoms with Gasteiger partial charge in [0.1, 0.15) is 17.3 Å². The Bertz CT molecular complexity index is 868. The molecule has 0 spiro atoms. The molecule has 3 aromatic rings. The maximum atomic E-state index is 5.88. The van der Waals surface area contributed by atoms with Gasteiger partial charge in [-0.1, -0.05) is 6.07 Å². The van der Waals surface area contributed by atoms with Gasteiger partial charge in [0, 0.05) is 37.1 Å². The van der Waals surface area contributed by atoms with Crippen LogP contribution in [0.5, 0.6) is 17.4 Å². The first-order valence-corrected chi connectivity index (χ1v) is 9.14. The molecule has 1 aromatic carbocycles. The number of rotatable bonds is 6. The van der Waals surface area contributed by atoms with Gasteiger partial charge in [0.25, 0.3) is 0 Å². The number of aromatic amines is 1. The molecule has 0 saturated carbocycles. The van der Waals surface area contributed by atoms with E-state index in [-0.39, 0.29) is 0 Å². The number of nitrogens with one attached hydrogen (secondary N) is 1. The fourth-order valence-electron chi connectivity index (χ4n) is 3.43. The van der Waals surface area contributed by atoms with Gasteiger partial charge in [-0.05, 0) is 31.5 Å². The monoisotopic (exact) mass is 365 g/mol. The summed E-state index contributed by atoms with van der Waals surface area (Å²) in [5.74, 6) is 3.28. The van der Waals surface area contributed by atoms with Gasteiger partial charge >= 0.3 is 0 Å². The SMILES string of the molecule is COc1cccc(Oc2cncc(C3CCCN(Cc4ncc[nH]4)C3)n2)c1. The van der Waals surface area contributed by atoms with E-state index < -0.39 is 0 Å². The van der Waals surface area contributed by atoms with E-state index >= 15 is 0 Å². The van der Waals surface area contributed by atoms with Crippen molar-refractivity contribution in [3.8, 4) is 17.4 Å². The quantitative estimate of drug-likeness (QED) is 0.722. The van der Waals surface area contributed by atoms with Crippen LogP contribution < -0.4 is 9.47 Å². The highest BCUT2D eigenvalue weighted by Gasteiger charge is 2.23. The molecule has 0 amide bonds. The van der Waals surface area contributed by atoms with E-state index in [1.165, 1.54) is 0 Å². The molecule has 1 fully saturated rings. The van der Waals surface area contributed by atoms with Crippen LogP contribution in [-0.2, 0) is 6.54 Å². The largest absolute Gasteiger partial charge is 0.497 e. The molecule has 1 aliphatic heterocycles. The number of benzene rings is 1. The van der Waals surface area contributed by atoms with Gasteiger partial charge < -0.3 is 14.5 Å². The van der Waals surface area contributed by atoms with Crippen molar-refractivity contribution >= 4 is 0 Å². The molecule has 7 heteroatoms. The van der Waals surface area contributed by atoms with Gasteiger partial charge in [-0.25, -0.2) is 9.97 Å². The fourth-order valence-corrected chi connectivity index (χ4v) is 3.43. The van der Waals surface area contributed by atoms with Crippen molar-refractivity contribution in [2.24, 2.45) is 0 Å². The standard InChI is InChI=1S/C20H23N5O2/c1-26-16-5-2-6-17(10-16)27-20-12-21-11-18(24-20)15-4-3-9-25(13-15)14-19-22-7-8-23-19/h2,5-8,10-12,15H,3-4,9,13-14H2,1H3,(H,22,23). The van der Waals surface area contributed by atoms with Crippen LogP contribution in [0.15, 0.2) is 49.1 Å². The summed E-state index contributed by atoms with van der Waals surface area (Å²) < 4.78 is 11.1. The van der Waals surface area contributed by atoms with Crippen LogP contribution in [0.1, 0.15) is 30.3 Å². The highest BCUT2D eigenvalue weighted by molar-refractivity contribution is 5.35. The molecule has 4 rings (SSSR count). The first-order valence-electron chi connectivity index (χ1n) is 9.14. The normalized spacial score (nSPS) is 17.6. The Labute approximate surface area is 158 Å². The molecular formula is C20H23N5O2. The summed E-state index contributed by atoms with van der Waals surface area (Å²) in [7, 11) is 1.64. The summed E-state index contributed by atoms with van der Waals surface area (Å²) in [5.41, 5.74) is 0.972. The summed E-state index contributed by atoms with van der Waals surface area (Å²) in [6.45, 7) is 2.85. The number of aromatic nitrogens is 4. The lowest BCUT2D eigenvalue weighted by Gasteiger charge is -2.31. The molecule has 1 atom stereocenters. The van der Waals surface area contributed by atoms with Crippen LogP contribution in [0.25, 0.3) is 0 Å². The Balaban J connectivity index is 1.44. The minimum Gasteiger partial charge on any atom is -0.497 e. The second-order valence-electron chi connectivity index (χ2n) is 6.67. The van der Waals surface area contributed by atoms with Gasteiger partial charge in [-0.15, -0.1) is 0 Å². The Hall–Kier alpha value is -2.93. The lowest BCUT2D eigenvalue weighted by Crippen LogP contribution is -2.34. The maximum absolute atomic E-state index is 5.88. The zero-order valence-corrected chi connectivity index (χ0v) is 15.3. The molecule has 1 N–H and O–H groups in total. The highest BCUT2D eigenvalue weighted by Crippen LogP contribution is 2.28. The highest BCUT2D eigenvalue weighted by atomic mass is 16.5. The third-order valence-corrected chi connectivity index (χ3v) is 4.75. The first-order chi connectivity index (χ1) is 13.3. The minimum absolute atomic E-state index is 0.343. The Morgan fingerprint density at radius 1 is 1.26 bits per heavy atom. The lowest BCUT2D eigenvalue weighted by atomic mass is 9.95. The zero-order valence-electron chi connectivity index (χ0n) is 15.3. The van der Waals surface area contributed by atoms with E-state index in [0.29, 0.717) is 17.5 Å². The van der Waals surface area contributed by atoms with E-state index in [1.807, 2.05) is 36.7 Å². The lowest BCUT2D eigenvalue weighted by molar-refractivity contribution is 0.194. The Morgan fingerprint density at radius 3 is 3.04 bits per heavy atom. The van der Waals surface area contributed by atoms with Crippen molar-refractivity contribution in [3.05, 3.63) is 60.6 Å². The third-order valence-electron chi connectivity index (χ3n) is 4.75. The molecule has 1 unspecified atom stereocenters. The van der Waals surface area contributed by atoms with Crippen LogP contribution in [-0.4, -0.2) is 45.0 Å². The average molecular weight is 365 g/mol. The van der Waals surface area contributed by atoms with Gasteiger partial charge in [0.15, 0.2) is 0 Å². The molecule has 1 aliphatic rings. The Morgan fingerprint density at radius 2 is 2.19 bits per heavy atom. The first kappa shape index (κ1) is 17.5. The van der Waals surface area contributed by atoms with Crippen LogP contribution >= 0.6 is 0 Å². The molecule has 27 heavy (non-hydrogen) atoms. The fraction of sp³-hybridized carbons (Fsp3) is 0.350. The molecule has 7 nitrogen and oxygen atoms in total. The number of hydrogen-bond donors (Lipinski definition) is 1. The van der Waals surface area contributed by atoms with Gasteiger partial charge in [0.05, 0.1) is 25.5 Å². The summed E-state index contributed by atoms with van der Waals surface area (Å²) >= 11 is 0. The van der Waals surface area contributed by atoms with Crippen molar-refractivity contribution in [1.29, 1.82) is 0 Å². The number of ether oxygens (including phenoxy) is 2. The molecule has 140 valence electrons. The number of imidazole rings is 1. The van der Waals surface area contributed by atoms with E-state index in [1.54, 1.807) is 19.5 Å².